The van der Waals surface area contributed by atoms with Crippen LogP contribution in [-0.2, 0) is 4.74 Å². The minimum absolute atomic E-state index is 0.0280. The van der Waals surface area contributed by atoms with Gasteiger partial charge in [0, 0.05) is 12.6 Å². The van der Waals surface area contributed by atoms with Crippen LogP contribution >= 0.6 is 0 Å². The van der Waals surface area contributed by atoms with Crippen molar-refractivity contribution in [2.75, 3.05) is 6.54 Å². The summed E-state index contributed by atoms with van der Waals surface area (Å²) in [6.45, 7) is 3.11. The summed E-state index contributed by atoms with van der Waals surface area (Å²) < 4.78 is 19.8. The van der Waals surface area contributed by atoms with Gasteiger partial charge in [-0.25, -0.2) is 4.39 Å². The number of nitrogens with one attached hydrogen (secondary N) is 1. The molecule has 2 fully saturated rings. The molecule has 2 aliphatic carbocycles. The molecule has 1 aromatic carbocycles. The molecule has 0 heterocycles. The summed E-state index contributed by atoms with van der Waals surface area (Å²) in [4.78, 5) is 0. The van der Waals surface area contributed by atoms with Gasteiger partial charge in [-0.1, -0.05) is 19.1 Å². The van der Waals surface area contributed by atoms with E-state index < -0.39 is 0 Å². The molecule has 2 nitrogen and oxygen atoms in total. The third-order valence-corrected chi connectivity index (χ3v) is 4.71. The molecule has 0 radical (unpaired) electrons. The highest BCUT2D eigenvalue weighted by atomic mass is 19.1. The average Bonchev–Trinajstić information content (AvgIpc) is 3.30. The SMILES string of the molecule is CC1CCC(OC(CNC2CC2)c2cccc(F)c2)CC1. The van der Waals surface area contributed by atoms with Crippen LogP contribution < -0.4 is 5.32 Å². The van der Waals surface area contributed by atoms with Crippen molar-refractivity contribution in [3.8, 4) is 0 Å². The van der Waals surface area contributed by atoms with Crippen molar-refractivity contribution in [1.82, 2.24) is 5.32 Å². The number of hydrogen-bond donors (Lipinski definition) is 1. The van der Waals surface area contributed by atoms with Crippen molar-refractivity contribution >= 4 is 0 Å². The van der Waals surface area contributed by atoms with Gasteiger partial charge in [0.05, 0.1) is 12.2 Å². The van der Waals surface area contributed by atoms with Crippen LogP contribution in [0.25, 0.3) is 0 Å². The Hall–Kier alpha value is -0.930. The first-order chi connectivity index (χ1) is 10.2. The summed E-state index contributed by atoms with van der Waals surface area (Å²) >= 11 is 0. The fraction of sp³-hybridized carbons (Fsp3) is 0.667. The second-order valence-corrected chi connectivity index (χ2v) is 6.74. The molecule has 2 saturated carbocycles. The van der Waals surface area contributed by atoms with E-state index in [1.54, 1.807) is 12.1 Å². The molecule has 2 aliphatic rings. The number of rotatable bonds is 6. The molecule has 0 bridgehead atoms. The molecule has 1 unspecified atom stereocenters. The monoisotopic (exact) mass is 291 g/mol. The third-order valence-electron chi connectivity index (χ3n) is 4.71. The lowest BCUT2D eigenvalue weighted by Gasteiger charge is -2.30. The maximum Gasteiger partial charge on any atom is 0.123 e. The molecule has 21 heavy (non-hydrogen) atoms. The summed E-state index contributed by atoms with van der Waals surface area (Å²) in [6, 6.07) is 7.52. The van der Waals surface area contributed by atoms with Crippen molar-refractivity contribution in [2.45, 2.75) is 63.7 Å². The van der Waals surface area contributed by atoms with Crippen molar-refractivity contribution < 1.29 is 9.13 Å². The van der Waals surface area contributed by atoms with E-state index in [4.69, 9.17) is 4.74 Å². The van der Waals surface area contributed by atoms with Crippen molar-refractivity contribution in [3.05, 3.63) is 35.6 Å². The molecule has 3 heteroatoms. The lowest BCUT2D eigenvalue weighted by Crippen LogP contribution is -2.30. The smallest absolute Gasteiger partial charge is 0.123 e. The molecule has 0 saturated heterocycles. The second kappa shape index (κ2) is 6.89. The highest BCUT2D eigenvalue weighted by Crippen LogP contribution is 2.30. The molecule has 0 aliphatic heterocycles. The summed E-state index contributed by atoms with van der Waals surface area (Å²) in [5.74, 6) is 0.645. The summed E-state index contributed by atoms with van der Waals surface area (Å²) in [6.07, 6.45) is 7.59. The Morgan fingerprint density at radius 1 is 1.19 bits per heavy atom. The molecular weight excluding hydrogens is 265 g/mol. The Morgan fingerprint density at radius 2 is 1.95 bits per heavy atom. The van der Waals surface area contributed by atoms with Crippen LogP contribution in [-0.4, -0.2) is 18.7 Å². The predicted octanol–water partition coefficient (Wildman–Crippen LogP) is 4.21. The highest BCUT2D eigenvalue weighted by molar-refractivity contribution is 5.19. The van der Waals surface area contributed by atoms with Gasteiger partial charge in [-0.05, 0) is 62.1 Å². The predicted molar refractivity (Wildman–Crippen MR) is 82.7 cm³/mol. The van der Waals surface area contributed by atoms with E-state index in [1.165, 1.54) is 31.7 Å². The van der Waals surface area contributed by atoms with Crippen LogP contribution in [0.3, 0.4) is 0 Å². The second-order valence-electron chi connectivity index (χ2n) is 6.74. The van der Waals surface area contributed by atoms with E-state index in [0.29, 0.717) is 12.1 Å². The van der Waals surface area contributed by atoms with E-state index in [9.17, 15) is 4.39 Å². The van der Waals surface area contributed by atoms with Crippen LogP contribution in [0, 0.1) is 11.7 Å². The first-order valence-corrected chi connectivity index (χ1v) is 8.35. The minimum Gasteiger partial charge on any atom is -0.369 e. The number of ether oxygens (including phenoxy) is 1. The van der Waals surface area contributed by atoms with Gasteiger partial charge in [-0.3, -0.25) is 0 Å². The summed E-state index contributed by atoms with van der Waals surface area (Å²) in [7, 11) is 0. The molecule has 1 atom stereocenters. The van der Waals surface area contributed by atoms with Gasteiger partial charge in [0.25, 0.3) is 0 Å². The lowest BCUT2D eigenvalue weighted by atomic mass is 9.89. The number of benzene rings is 1. The largest absolute Gasteiger partial charge is 0.369 e. The first-order valence-electron chi connectivity index (χ1n) is 8.35. The van der Waals surface area contributed by atoms with E-state index >= 15 is 0 Å². The maximum absolute atomic E-state index is 13.5. The zero-order valence-corrected chi connectivity index (χ0v) is 12.9. The van der Waals surface area contributed by atoms with Crippen LogP contribution in [0.2, 0.25) is 0 Å². The van der Waals surface area contributed by atoms with Crippen LogP contribution in [0.5, 0.6) is 0 Å². The van der Waals surface area contributed by atoms with Gasteiger partial charge in [0.2, 0.25) is 0 Å². The van der Waals surface area contributed by atoms with Gasteiger partial charge >= 0.3 is 0 Å². The van der Waals surface area contributed by atoms with E-state index in [0.717, 1.165) is 30.9 Å². The molecule has 0 spiro atoms. The molecule has 116 valence electrons. The van der Waals surface area contributed by atoms with Gasteiger partial charge in [0.15, 0.2) is 0 Å². The molecule has 0 amide bonds. The Balaban J connectivity index is 1.63. The maximum atomic E-state index is 13.5. The Kier molecular flexibility index (Phi) is 4.91. The number of hydrogen-bond acceptors (Lipinski definition) is 2. The summed E-state index contributed by atoms with van der Waals surface area (Å²) in [5, 5.41) is 3.53. The van der Waals surface area contributed by atoms with Crippen molar-refractivity contribution in [1.29, 1.82) is 0 Å². The topological polar surface area (TPSA) is 21.3 Å². The normalized spacial score (nSPS) is 27.5. The van der Waals surface area contributed by atoms with Crippen molar-refractivity contribution in [2.24, 2.45) is 5.92 Å². The van der Waals surface area contributed by atoms with E-state index in [-0.39, 0.29) is 11.9 Å². The first kappa shape index (κ1) is 15.0. The highest BCUT2D eigenvalue weighted by Gasteiger charge is 2.26. The Bertz CT molecular complexity index is 452. The van der Waals surface area contributed by atoms with E-state index in [2.05, 4.69) is 12.2 Å². The van der Waals surface area contributed by atoms with Gasteiger partial charge < -0.3 is 10.1 Å². The van der Waals surface area contributed by atoms with Crippen molar-refractivity contribution in [3.63, 3.8) is 0 Å². The van der Waals surface area contributed by atoms with Gasteiger partial charge in [-0.15, -0.1) is 0 Å². The third kappa shape index (κ3) is 4.52. The zero-order chi connectivity index (χ0) is 14.7. The Morgan fingerprint density at radius 3 is 2.62 bits per heavy atom. The van der Waals surface area contributed by atoms with Crippen LogP contribution in [0.4, 0.5) is 4.39 Å². The molecule has 3 rings (SSSR count). The average molecular weight is 291 g/mol. The molecule has 1 N–H and O–H groups in total. The minimum atomic E-state index is -0.176. The van der Waals surface area contributed by atoms with Crippen LogP contribution in [0.1, 0.15) is 57.1 Å². The number of halogens is 1. The van der Waals surface area contributed by atoms with Gasteiger partial charge in [0.1, 0.15) is 5.82 Å². The van der Waals surface area contributed by atoms with Crippen LogP contribution in [0.15, 0.2) is 24.3 Å². The summed E-state index contributed by atoms with van der Waals surface area (Å²) in [5.41, 5.74) is 0.960. The lowest BCUT2D eigenvalue weighted by molar-refractivity contribution is -0.0365. The quantitative estimate of drug-likeness (QED) is 0.847. The Labute approximate surface area is 127 Å². The van der Waals surface area contributed by atoms with E-state index in [1.807, 2.05) is 6.07 Å². The zero-order valence-electron chi connectivity index (χ0n) is 12.9. The molecule has 0 aromatic heterocycles. The fourth-order valence-electron chi connectivity index (χ4n) is 3.11. The molecular formula is C18H26FNO. The fourth-order valence-corrected chi connectivity index (χ4v) is 3.11. The van der Waals surface area contributed by atoms with Gasteiger partial charge in [-0.2, -0.15) is 0 Å². The standard InChI is InChI=1S/C18H26FNO/c1-13-5-9-17(10-6-13)21-18(12-20-16-7-8-16)14-3-2-4-15(19)11-14/h2-4,11,13,16-18,20H,5-10,12H2,1H3. The molecule has 1 aromatic rings.